The van der Waals surface area contributed by atoms with Gasteiger partial charge in [-0.2, -0.15) is 0 Å². The number of benzene rings is 1. The standard InChI is InChI=1S/C13H14N2O3/c1-14-8-10-7-12(18-15-10)9-2-3-11-13(6-9)17-5-4-16-11/h2-3,6-7,14H,4-5,8H2,1H3. The van der Waals surface area contributed by atoms with Crippen molar-refractivity contribution in [3.05, 3.63) is 30.0 Å². The minimum atomic E-state index is 0.581. The van der Waals surface area contributed by atoms with E-state index in [2.05, 4.69) is 10.5 Å². The number of ether oxygens (including phenoxy) is 2. The average molecular weight is 246 g/mol. The molecule has 1 aliphatic rings. The van der Waals surface area contributed by atoms with Crippen molar-refractivity contribution < 1.29 is 14.0 Å². The number of aromatic nitrogens is 1. The first-order chi connectivity index (χ1) is 8.86. The summed E-state index contributed by atoms with van der Waals surface area (Å²) in [5.74, 6) is 2.27. The molecular formula is C13H14N2O3. The SMILES string of the molecule is CNCc1cc(-c2ccc3c(c2)OCCO3)on1. The lowest BCUT2D eigenvalue weighted by atomic mass is 10.1. The zero-order valence-corrected chi connectivity index (χ0v) is 10.1. The average Bonchev–Trinajstić information content (AvgIpc) is 2.87. The highest BCUT2D eigenvalue weighted by atomic mass is 16.6. The Morgan fingerprint density at radius 2 is 2.00 bits per heavy atom. The van der Waals surface area contributed by atoms with E-state index in [0.717, 1.165) is 28.5 Å². The Balaban J connectivity index is 1.91. The normalized spacial score (nSPS) is 13.6. The van der Waals surface area contributed by atoms with Gasteiger partial charge in [0.1, 0.15) is 13.2 Å². The zero-order chi connectivity index (χ0) is 12.4. The Bertz CT molecular complexity index is 551. The van der Waals surface area contributed by atoms with E-state index in [1.165, 1.54) is 0 Å². The molecule has 1 aromatic heterocycles. The molecular weight excluding hydrogens is 232 g/mol. The third-order valence-corrected chi connectivity index (χ3v) is 2.74. The number of hydrogen-bond donors (Lipinski definition) is 1. The maximum Gasteiger partial charge on any atom is 0.167 e. The Morgan fingerprint density at radius 3 is 2.83 bits per heavy atom. The highest BCUT2D eigenvalue weighted by Gasteiger charge is 2.14. The van der Waals surface area contributed by atoms with Gasteiger partial charge >= 0.3 is 0 Å². The molecule has 2 aromatic rings. The Labute approximate surface area is 105 Å². The van der Waals surface area contributed by atoms with Gasteiger partial charge in [-0.1, -0.05) is 5.16 Å². The predicted octanol–water partition coefficient (Wildman–Crippen LogP) is 1.83. The topological polar surface area (TPSA) is 56.5 Å². The van der Waals surface area contributed by atoms with Gasteiger partial charge in [-0.05, 0) is 25.2 Å². The van der Waals surface area contributed by atoms with Crippen molar-refractivity contribution >= 4 is 0 Å². The first kappa shape index (κ1) is 11.1. The third kappa shape index (κ3) is 2.04. The smallest absolute Gasteiger partial charge is 0.167 e. The lowest BCUT2D eigenvalue weighted by molar-refractivity contribution is 0.171. The van der Waals surface area contributed by atoms with Crippen molar-refractivity contribution in [2.45, 2.75) is 6.54 Å². The summed E-state index contributed by atoms with van der Waals surface area (Å²) in [6.45, 7) is 1.87. The van der Waals surface area contributed by atoms with Crippen LogP contribution >= 0.6 is 0 Å². The fourth-order valence-electron chi connectivity index (χ4n) is 1.91. The second-order valence-electron chi connectivity index (χ2n) is 4.07. The first-order valence-corrected chi connectivity index (χ1v) is 5.87. The lowest BCUT2D eigenvalue weighted by Crippen LogP contribution is -2.15. The van der Waals surface area contributed by atoms with E-state index in [-0.39, 0.29) is 0 Å². The molecule has 2 heterocycles. The molecule has 0 spiro atoms. The molecule has 1 N–H and O–H groups in total. The summed E-state index contributed by atoms with van der Waals surface area (Å²) in [6, 6.07) is 7.67. The summed E-state index contributed by atoms with van der Waals surface area (Å²) in [5.41, 5.74) is 1.82. The van der Waals surface area contributed by atoms with Crippen LogP contribution < -0.4 is 14.8 Å². The van der Waals surface area contributed by atoms with E-state index in [1.54, 1.807) is 0 Å². The van der Waals surface area contributed by atoms with Crippen molar-refractivity contribution in [3.8, 4) is 22.8 Å². The van der Waals surface area contributed by atoms with Gasteiger partial charge in [0.25, 0.3) is 0 Å². The molecule has 0 fully saturated rings. The third-order valence-electron chi connectivity index (χ3n) is 2.74. The summed E-state index contributed by atoms with van der Waals surface area (Å²) in [5, 5.41) is 7.02. The summed E-state index contributed by atoms with van der Waals surface area (Å²) >= 11 is 0. The van der Waals surface area contributed by atoms with Crippen LogP contribution in [0.3, 0.4) is 0 Å². The van der Waals surface area contributed by atoms with Crippen LogP contribution in [0.4, 0.5) is 0 Å². The molecule has 5 heteroatoms. The monoisotopic (exact) mass is 246 g/mol. The maximum absolute atomic E-state index is 5.54. The molecule has 94 valence electrons. The van der Waals surface area contributed by atoms with E-state index in [9.17, 15) is 0 Å². The van der Waals surface area contributed by atoms with Gasteiger partial charge in [-0.25, -0.2) is 0 Å². The molecule has 0 saturated carbocycles. The van der Waals surface area contributed by atoms with Gasteiger partial charge in [0, 0.05) is 18.2 Å². The highest BCUT2D eigenvalue weighted by Crippen LogP contribution is 2.34. The van der Waals surface area contributed by atoms with Crippen LogP contribution in [-0.4, -0.2) is 25.4 Å². The molecule has 0 atom stereocenters. The lowest BCUT2D eigenvalue weighted by Gasteiger charge is -2.18. The molecule has 1 aromatic carbocycles. The van der Waals surface area contributed by atoms with Gasteiger partial charge in [0.15, 0.2) is 17.3 Å². The molecule has 0 aliphatic carbocycles. The second kappa shape index (κ2) is 4.70. The van der Waals surface area contributed by atoms with Crippen molar-refractivity contribution in [3.63, 3.8) is 0 Å². The highest BCUT2D eigenvalue weighted by molar-refractivity contribution is 5.63. The van der Waals surface area contributed by atoms with Crippen LogP contribution in [-0.2, 0) is 6.54 Å². The number of nitrogens with zero attached hydrogens (tertiary/aromatic N) is 1. The predicted molar refractivity (Wildman–Crippen MR) is 65.7 cm³/mol. The van der Waals surface area contributed by atoms with Crippen molar-refractivity contribution in [2.75, 3.05) is 20.3 Å². The molecule has 0 saturated heterocycles. The van der Waals surface area contributed by atoms with Gasteiger partial charge in [0.05, 0.1) is 5.69 Å². The number of nitrogens with one attached hydrogen (secondary N) is 1. The van der Waals surface area contributed by atoms with Crippen LogP contribution in [0.1, 0.15) is 5.69 Å². The molecule has 0 bridgehead atoms. The van der Waals surface area contributed by atoms with E-state index >= 15 is 0 Å². The van der Waals surface area contributed by atoms with E-state index in [4.69, 9.17) is 14.0 Å². The van der Waals surface area contributed by atoms with Crippen LogP contribution in [0.25, 0.3) is 11.3 Å². The van der Waals surface area contributed by atoms with E-state index < -0.39 is 0 Å². The van der Waals surface area contributed by atoms with Gasteiger partial charge in [-0.15, -0.1) is 0 Å². The maximum atomic E-state index is 5.54. The van der Waals surface area contributed by atoms with Crippen LogP contribution in [0, 0.1) is 0 Å². The molecule has 3 rings (SSSR count). The van der Waals surface area contributed by atoms with Crippen LogP contribution in [0.5, 0.6) is 11.5 Å². The van der Waals surface area contributed by atoms with Crippen LogP contribution in [0.2, 0.25) is 0 Å². The number of rotatable bonds is 3. The molecule has 0 amide bonds. The number of hydrogen-bond acceptors (Lipinski definition) is 5. The van der Waals surface area contributed by atoms with Crippen molar-refractivity contribution in [1.82, 2.24) is 10.5 Å². The van der Waals surface area contributed by atoms with Crippen molar-refractivity contribution in [2.24, 2.45) is 0 Å². The summed E-state index contributed by atoms with van der Waals surface area (Å²) < 4.78 is 16.3. The Hall–Kier alpha value is -2.01. The summed E-state index contributed by atoms with van der Waals surface area (Å²) in [6.07, 6.45) is 0. The molecule has 1 aliphatic heterocycles. The Kier molecular flexibility index (Phi) is 2.90. The minimum Gasteiger partial charge on any atom is -0.486 e. The van der Waals surface area contributed by atoms with Gasteiger partial charge in [-0.3, -0.25) is 0 Å². The summed E-state index contributed by atoms with van der Waals surface area (Å²) in [7, 11) is 1.87. The molecule has 5 nitrogen and oxygen atoms in total. The molecule has 0 unspecified atom stereocenters. The van der Waals surface area contributed by atoms with Crippen molar-refractivity contribution in [1.29, 1.82) is 0 Å². The fraction of sp³-hybridized carbons (Fsp3) is 0.308. The van der Waals surface area contributed by atoms with Gasteiger partial charge in [0.2, 0.25) is 0 Å². The second-order valence-corrected chi connectivity index (χ2v) is 4.07. The largest absolute Gasteiger partial charge is 0.486 e. The Morgan fingerprint density at radius 1 is 1.17 bits per heavy atom. The quantitative estimate of drug-likeness (QED) is 0.895. The van der Waals surface area contributed by atoms with Crippen LogP contribution in [0.15, 0.2) is 28.8 Å². The fourth-order valence-corrected chi connectivity index (χ4v) is 1.91. The first-order valence-electron chi connectivity index (χ1n) is 5.87. The molecule has 0 radical (unpaired) electrons. The van der Waals surface area contributed by atoms with Gasteiger partial charge < -0.3 is 19.3 Å². The van der Waals surface area contributed by atoms with E-state index in [0.29, 0.717) is 19.8 Å². The molecule has 18 heavy (non-hydrogen) atoms. The van der Waals surface area contributed by atoms with E-state index in [1.807, 2.05) is 31.3 Å². The minimum absolute atomic E-state index is 0.581. The summed E-state index contributed by atoms with van der Waals surface area (Å²) in [4.78, 5) is 0. The zero-order valence-electron chi connectivity index (χ0n) is 10.1. The number of fused-ring (bicyclic) bond motifs is 1.